The van der Waals surface area contributed by atoms with Crippen molar-refractivity contribution in [2.45, 2.75) is 196 Å². The molecule has 7 fully saturated rings. The Morgan fingerprint density at radius 3 is 1.27 bits per heavy atom. The Hall–Kier alpha value is 0.910. The van der Waals surface area contributed by atoms with E-state index in [0.29, 0.717) is 34.0 Å². The van der Waals surface area contributed by atoms with E-state index in [-0.39, 0.29) is 11.7 Å². The minimum absolute atomic E-state index is 0.126. The fraction of sp³-hybridized carbons (Fsp3) is 1.00. The van der Waals surface area contributed by atoms with E-state index in [9.17, 15) is 0 Å². The second-order valence-electron chi connectivity index (χ2n) is 16.1. The summed E-state index contributed by atoms with van der Waals surface area (Å²) in [5.41, 5.74) is 2.41. The molecule has 7 aliphatic carbocycles. The van der Waals surface area contributed by atoms with Crippen molar-refractivity contribution in [3.8, 4) is 0 Å². The molecule has 224 valence electrons. The van der Waals surface area contributed by atoms with Crippen LogP contribution in [-0.4, -0.2) is 49.5 Å². The first-order valence-corrected chi connectivity index (χ1v) is 21.7. The van der Waals surface area contributed by atoms with E-state index in [0.717, 1.165) is 12.3 Å². The van der Waals surface area contributed by atoms with Gasteiger partial charge in [-0.3, -0.25) is 24.2 Å². The van der Waals surface area contributed by atoms with Crippen molar-refractivity contribution < 1.29 is 9.05 Å². The molecule has 0 amide bonds. The Morgan fingerprint density at radius 1 is 0.525 bits per heavy atom. The maximum atomic E-state index is 7.89. The minimum atomic E-state index is -2.10. The summed E-state index contributed by atoms with van der Waals surface area (Å²) in [6, 6.07) is 0. The molecule has 0 aliphatic heterocycles. The topological polar surface area (TPSA) is 18.5 Å². The first-order valence-electron chi connectivity index (χ1n) is 17.9. The standard InChI is InChI=1S/C34H60B2O2P2/c1-33(2)26-24-31(33)34(3,38-40(36,29-20-12-6-13-21-29)30-22-14-7-15-23-30)32(25-26)37-39(35,27-16-8-4-9-17-27)28-18-10-5-11-19-28/h26-32H,4-25H2,1-3H3/t26-,31-,32+,34-/m1/s1. The largest absolute Gasteiger partial charge is 0.287 e. The summed E-state index contributed by atoms with van der Waals surface area (Å²) in [6.45, 7) is 7.53. The molecule has 6 radical (unpaired) electrons. The monoisotopic (exact) mass is 584 g/mol. The molecule has 0 N–H and O–H groups in total. The molecule has 0 heterocycles. The van der Waals surface area contributed by atoms with Gasteiger partial charge in [0.1, 0.15) is 11.7 Å². The van der Waals surface area contributed by atoms with Crippen molar-refractivity contribution in [1.29, 1.82) is 0 Å². The predicted octanol–water partition coefficient (Wildman–Crippen LogP) is 10.6. The van der Waals surface area contributed by atoms with Crippen LogP contribution in [0.25, 0.3) is 0 Å². The number of fused-ring (bicyclic) bond motifs is 2. The zero-order chi connectivity index (χ0) is 28.0. The van der Waals surface area contributed by atoms with Gasteiger partial charge in [0, 0.05) is 28.6 Å². The van der Waals surface area contributed by atoms with Crippen LogP contribution in [0.4, 0.5) is 0 Å². The summed E-state index contributed by atoms with van der Waals surface area (Å²) >= 11 is 0. The average molecular weight is 584 g/mol. The highest BCUT2D eigenvalue weighted by molar-refractivity contribution is 7.95. The van der Waals surface area contributed by atoms with Crippen molar-refractivity contribution in [3.05, 3.63) is 0 Å². The summed E-state index contributed by atoms with van der Waals surface area (Å²) in [6.07, 6.45) is 29.1. The van der Waals surface area contributed by atoms with Gasteiger partial charge in [-0.2, -0.15) is 0 Å². The number of hydrogen-bond acceptors (Lipinski definition) is 2. The summed E-state index contributed by atoms with van der Waals surface area (Å²) in [7, 11) is 11.5. The van der Waals surface area contributed by atoms with Gasteiger partial charge in [-0.05, 0) is 134 Å². The van der Waals surface area contributed by atoms with Crippen molar-refractivity contribution in [3.63, 3.8) is 0 Å². The smallest absolute Gasteiger partial charge is 0.136 e. The lowest BCUT2D eigenvalue weighted by molar-refractivity contribution is -0.225. The van der Waals surface area contributed by atoms with Crippen LogP contribution in [0.2, 0.25) is 0 Å². The molecule has 2 bridgehead atoms. The third-order valence-electron chi connectivity index (χ3n) is 13.5. The molecule has 0 aromatic rings. The molecule has 0 aromatic heterocycles. The van der Waals surface area contributed by atoms with Crippen LogP contribution in [0.5, 0.6) is 0 Å². The Balaban J connectivity index is 1.34. The van der Waals surface area contributed by atoms with Crippen LogP contribution in [0.15, 0.2) is 0 Å². The molecule has 7 saturated carbocycles. The van der Waals surface area contributed by atoms with Crippen LogP contribution < -0.4 is 0 Å². The summed E-state index contributed by atoms with van der Waals surface area (Å²) in [5.74, 6) is 1.27. The molecule has 7 rings (SSSR count). The van der Waals surface area contributed by atoms with E-state index in [1.807, 2.05) is 0 Å². The van der Waals surface area contributed by atoms with Crippen molar-refractivity contribution in [2.75, 3.05) is 0 Å². The fourth-order valence-corrected chi connectivity index (χ4v) is 19.0. The van der Waals surface area contributed by atoms with Crippen LogP contribution in [0.3, 0.4) is 0 Å². The highest BCUT2D eigenvalue weighted by Gasteiger charge is 2.68. The van der Waals surface area contributed by atoms with Crippen LogP contribution in [0, 0.1) is 17.3 Å². The van der Waals surface area contributed by atoms with Gasteiger partial charge in [0.15, 0.2) is 0 Å². The number of rotatable bonds is 8. The highest BCUT2D eigenvalue weighted by atomic mass is 31.2. The van der Waals surface area contributed by atoms with Gasteiger partial charge in [0.25, 0.3) is 0 Å². The Bertz CT molecular complexity index is 809. The maximum absolute atomic E-state index is 7.89. The van der Waals surface area contributed by atoms with Crippen molar-refractivity contribution in [1.82, 2.24) is 0 Å². The van der Waals surface area contributed by atoms with Gasteiger partial charge in [0.2, 0.25) is 0 Å². The van der Waals surface area contributed by atoms with Crippen LogP contribution in [0.1, 0.15) is 162 Å². The quantitative estimate of drug-likeness (QED) is 0.209. The summed E-state index contributed by atoms with van der Waals surface area (Å²) < 4.78 is 15.6. The molecule has 0 unspecified atom stereocenters. The van der Waals surface area contributed by atoms with E-state index < -0.39 is 14.7 Å². The summed E-state index contributed by atoms with van der Waals surface area (Å²) in [5, 5.41) is 0. The van der Waals surface area contributed by atoms with Gasteiger partial charge in [-0.25, -0.2) is 0 Å². The molecule has 0 saturated heterocycles. The van der Waals surface area contributed by atoms with Gasteiger partial charge in [-0.1, -0.05) is 39.5 Å². The minimum Gasteiger partial charge on any atom is -0.287 e. The molecule has 7 aliphatic rings. The predicted molar refractivity (Wildman–Crippen MR) is 177 cm³/mol. The van der Waals surface area contributed by atoms with Crippen LogP contribution in [-0.2, 0) is 9.05 Å². The molecule has 6 heteroatoms. The van der Waals surface area contributed by atoms with E-state index in [2.05, 4.69) is 20.8 Å². The molecule has 0 aromatic carbocycles. The SMILES string of the molecule is [B-][P+](O[C@H]1C[C@H]2C[C@H](C2(C)C)[C@@]1(C)O[P+]([B-])(C1CCCCC1)C1CCCCC1)(C1CCCCC1)C1CCCCC1. The van der Waals surface area contributed by atoms with E-state index in [1.54, 1.807) is 0 Å². The van der Waals surface area contributed by atoms with Gasteiger partial charge in [-0.15, -0.1) is 14.7 Å². The zero-order valence-corrected chi connectivity index (χ0v) is 28.3. The van der Waals surface area contributed by atoms with Crippen molar-refractivity contribution >= 4 is 29.9 Å². The molecule has 40 heavy (non-hydrogen) atoms. The van der Waals surface area contributed by atoms with Gasteiger partial charge >= 0.3 is 0 Å². The maximum Gasteiger partial charge on any atom is 0.136 e. The second-order valence-corrected chi connectivity index (χ2v) is 22.5. The van der Waals surface area contributed by atoms with E-state index >= 15 is 0 Å². The van der Waals surface area contributed by atoms with Crippen LogP contribution >= 0.6 is 14.7 Å². The molecule has 4 atom stereocenters. The Kier molecular flexibility index (Phi) is 9.56. The molecular formula is C34H60B2O2P2. The molecule has 2 nitrogen and oxygen atoms in total. The average Bonchev–Trinajstić information content (AvgIpc) is 2.99. The lowest BCUT2D eigenvalue weighted by Crippen LogP contribution is -2.68. The Labute approximate surface area is 252 Å². The summed E-state index contributed by atoms with van der Waals surface area (Å²) in [4.78, 5) is 0. The van der Waals surface area contributed by atoms with Gasteiger partial charge in [0.05, 0.1) is 0 Å². The third-order valence-corrected chi connectivity index (χ3v) is 21.5. The fourth-order valence-electron chi connectivity index (χ4n) is 10.8. The molecule has 0 spiro atoms. The lowest BCUT2D eigenvalue weighted by atomic mass is 9.43. The zero-order valence-electron chi connectivity index (χ0n) is 26.5. The Morgan fingerprint density at radius 2 is 0.900 bits per heavy atom. The molecular weight excluding hydrogens is 524 g/mol. The highest BCUT2D eigenvalue weighted by Crippen LogP contribution is 2.78. The second kappa shape index (κ2) is 12.4. The lowest BCUT2D eigenvalue weighted by Gasteiger charge is -2.69. The number of hydrogen-bond donors (Lipinski definition) is 0. The van der Waals surface area contributed by atoms with Gasteiger partial charge < -0.3 is 0 Å². The van der Waals surface area contributed by atoms with Crippen molar-refractivity contribution in [2.24, 2.45) is 17.3 Å². The normalized spacial score (nSPS) is 37.3. The third kappa shape index (κ3) is 5.60. The van der Waals surface area contributed by atoms with E-state index in [1.165, 1.54) is 135 Å². The van der Waals surface area contributed by atoms with E-state index in [4.69, 9.17) is 24.2 Å². The first kappa shape index (κ1) is 30.9. The first-order chi connectivity index (χ1) is 19.2.